The Kier molecular flexibility index (Phi) is 4.46. The molecule has 0 bridgehead atoms. The maximum atomic E-state index is 5.99. The van der Waals surface area contributed by atoms with Gasteiger partial charge in [0.1, 0.15) is 0 Å². The van der Waals surface area contributed by atoms with Gasteiger partial charge < -0.3 is 5.32 Å². The van der Waals surface area contributed by atoms with Crippen molar-refractivity contribution in [3.8, 4) is 0 Å². The lowest BCUT2D eigenvalue weighted by Crippen LogP contribution is -2.24. The molecular weight excluding hydrogens is 287 g/mol. The lowest BCUT2D eigenvalue weighted by atomic mass is 9.97. The highest BCUT2D eigenvalue weighted by Gasteiger charge is 2.32. The van der Waals surface area contributed by atoms with Gasteiger partial charge in [0.15, 0.2) is 5.17 Å². The molecule has 1 aliphatic heterocycles. The molecule has 0 fully saturated rings. The summed E-state index contributed by atoms with van der Waals surface area (Å²) in [6, 6.07) is 5.53. The van der Waals surface area contributed by atoms with Crippen molar-refractivity contribution in [3.05, 3.63) is 28.2 Å². The van der Waals surface area contributed by atoms with Crippen LogP contribution in [0.5, 0.6) is 0 Å². The van der Waals surface area contributed by atoms with E-state index in [1.807, 2.05) is 12.1 Å². The van der Waals surface area contributed by atoms with Gasteiger partial charge in [0.05, 0.1) is 15.6 Å². The third kappa shape index (κ3) is 2.95. The van der Waals surface area contributed by atoms with Crippen LogP contribution in [0.1, 0.15) is 26.7 Å². The van der Waals surface area contributed by atoms with E-state index in [4.69, 9.17) is 28.2 Å². The number of hydrogen-bond acceptors (Lipinski definition) is 3. The summed E-state index contributed by atoms with van der Waals surface area (Å²) < 4.78 is 0. The van der Waals surface area contributed by atoms with E-state index in [-0.39, 0.29) is 5.54 Å². The minimum absolute atomic E-state index is 0.100. The number of aliphatic imine (C=N–C) groups is 1. The molecule has 0 atom stereocenters. The average Bonchev–Trinajstić information content (AvgIpc) is 2.78. The van der Waals surface area contributed by atoms with Crippen LogP contribution < -0.4 is 5.32 Å². The number of rotatable bonds is 3. The van der Waals surface area contributed by atoms with Crippen molar-refractivity contribution in [2.45, 2.75) is 32.2 Å². The molecule has 0 radical (unpaired) electrons. The van der Waals surface area contributed by atoms with Gasteiger partial charge in [0.25, 0.3) is 0 Å². The van der Waals surface area contributed by atoms with E-state index in [9.17, 15) is 0 Å². The van der Waals surface area contributed by atoms with Crippen molar-refractivity contribution in [1.82, 2.24) is 0 Å². The molecule has 0 saturated heterocycles. The van der Waals surface area contributed by atoms with E-state index in [1.54, 1.807) is 17.8 Å². The number of anilines is 1. The Balaban J connectivity index is 2.13. The molecule has 98 valence electrons. The Morgan fingerprint density at radius 1 is 1.28 bits per heavy atom. The first kappa shape index (κ1) is 14.0. The Labute approximate surface area is 122 Å². The quantitative estimate of drug-likeness (QED) is 0.843. The molecule has 0 unspecified atom stereocenters. The molecule has 2 rings (SSSR count). The third-order valence-corrected chi connectivity index (χ3v) is 5.19. The van der Waals surface area contributed by atoms with Crippen molar-refractivity contribution >= 4 is 45.8 Å². The van der Waals surface area contributed by atoms with E-state index < -0.39 is 0 Å². The van der Waals surface area contributed by atoms with E-state index in [2.05, 4.69) is 19.2 Å². The largest absolute Gasteiger partial charge is 0.335 e. The molecule has 0 spiro atoms. The molecule has 5 heteroatoms. The number of amidine groups is 1. The van der Waals surface area contributed by atoms with Gasteiger partial charge in [-0.25, -0.2) is 0 Å². The van der Waals surface area contributed by atoms with Crippen LogP contribution in [0, 0.1) is 0 Å². The molecule has 0 aromatic heterocycles. The van der Waals surface area contributed by atoms with Crippen LogP contribution in [0.4, 0.5) is 5.69 Å². The summed E-state index contributed by atoms with van der Waals surface area (Å²) in [6.07, 6.45) is 2.14. The molecule has 0 aliphatic carbocycles. The van der Waals surface area contributed by atoms with Gasteiger partial charge in [-0.15, -0.1) is 0 Å². The van der Waals surface area contributed by atoms with Crippen molar-refractivity contribution < 1.29 is 0 Å². The van der Waals surface area contributed by atoms with Crippen LogP contribution in [0.25, 0.3) is 0 Å². The van der Waals surface area contributed by atoms with Gasteiger partial charge >= 0.3 is 0 Å². The lowest BCUT2D eigenvalue weighted by molar-refractivity contribution is 0.456. The molecule has 1 aliphatic rings. The van der Waals surface area contributed by atoms with Crippen LogP contribution >= 0.6 is 35.0 Å². The van der Waals surface area contributed by atoms with Crippen molar-refractivity contribution in [1.29, 1.82) is 0 Å². The van der Waals surface area contributed by atoms with Gasteiger partial charge in [-0.1, -0.05) is 48.8 Å². The monoisotopic (exact) mass is 302 g/mol. The normalized spacial score (nSPS) is 17.7. The van der Waals surface area contributed by atoms with Crippen molar-refractivity contribution in [3.63, 3.8) is 0 Å². The van der Waals surface area contributed by atoms with E-state index in [0.717, 1.165) is 29.4 Å². The first-order chi connectivity index (χ1) is 8.58. The van der Waals surface area contributed by atoms with Gasteiger partial charge in [-0.05, 0) is 31.0 Å². The second-order valence-electron chi connectivity index (χ2n) is 4.39. The minimum atomic E-state index is 0.100. The van der Waals surface area contributed by atoms with E-state index in [0.29, 0.717) is 10.0 Å². The van der Waals surface area contributed by atoms with Gasteiger partial charge in [-0.2, -0.15) is 0 Å². The summed E-state index contributed by atoms with van der Waals surface area (Å²) in [6.45, 7) is 4.38. The van der Waals surface area contributed by atoms with E-state index >= 15 is 0 Å². The topological polar surface area (TPSA) is 24.4 Å². The SMILES string of the molecule is CCC1(CC)CSC(Nc2ccc(Cl)c(Cl)c2)=N1. The Hall–Kier alpha value is -0.380. The van der Waals surface area contributed by atoms with Crippen LogP contribution in [0.3, 0.4) is 0 Å². The molecule has 0 amide bonds. The summed E-state index contributed by atoms with van der Waals surface area (Å²) in [5.41, 5.74) is 1.03. The van der Waals surface area contributed by atoms with Crippen molar-refractivity contribution in [2.24, 2.45) is 4.99 Å². The van der Waals surface area contributed by atoms with Crippen molar-refractivity contribution in [2.75, 3.05) is 11.1 Å². The highest BCUT2D eigenvalue weighted by Crippen LogP contribution is 2.34. The number of hydrogen-bond donors (Lipinski definition) is 1. The number of benzene rings is 1. The van der Waals surface area contributed by atoms with Crippen LogP contribution in [0.15, 0.2) is 23.2 Å². The molecule has 2 nitrogen and oxygen atoms in total. The zero-order valence-electron chi connectivity index (χ0n) is 10.5. The summed E-state index contributed by atoms with van der Waals surface area (Å²) in [4.78, 5) is 4.80. The Morgan fingerprint density at radius 3 is 2.56 bits per heavy atom. The maximum absolute atomic E-state index is 5.99. The number of halogens is 2. The zero-order chi connectivity index (χ0) is 13.2. The summed E-state index contributed by atoms with van der Waals surface area (Å²) in [5, 5.41) is 5.40. The number of thioether (sulfide) groups is 1. The molecule has 1 heterocycles. The lowest BCUT2D eigenvalue weighted by Gasteiger charge is -2.20. The second kappa shape index (κ2) is 5.72. The second-order valence-corrected chi connectivity index (χ2v) is 6.17. The Morgan fingerprint density at radius 2 is 2.00 bits per heavy atom. The minimum Gasteiger partial charge on any atom is -0.335 e. The predicted molar refractivity (Wildman–Crippen MR) is 83.3 cm³/mol. The van der Waals surface area contributed by atoms with Crippen LogP contribution in [0.2, 0.25) is 10.0 Å². The highest BCUT2D eigenvalue weighted by molar-refractivity contribution is 8.14. The summed E-state index contributed by atoms with van der Waals surface area (Å²) in [7, 11) is 0. The predicted octanol–water partition coefficient (Wildman–Crippen LogP) is 5.07. The smallest absolute Gasteiger partial charge is 0.161 e. The summed E-state index contributed by atoms with van der Waals surface area (Å²) in [5.74, 6) is 1.05. The Bertz CT molecular complexity index is 470. The molecular formula is C13H16Cl2N2S. The van der Waals surface area contributed by atoms with Gasteiger partial charge in [0, 0.05) is 11.4 Å². The highest BCUT2D eigenvalue weighted by atomic mass is 35.5. The summed E-state index contributed by atoms with van der Waals surface area (Å²) >= 11 is 13.6. The fraction of sp³-hybridized carbons (Fsp3) is 0.462. The average molecular weight is 303 g/mol. The molecule has 0 saturated carbocycles. The standard InChI is InChI=1S/C13H16Cl2N2S/c1-3-13(4-2)8-18-12(17-13)16-9-5-6-10(14)11(15)7-9/h5-7H,3-4,8H2,1-2H3,(H,16,17). The van der Waals surface area contributed by atoms with Gasteiger partial charge in [-0.3, -0.25) is 4.99 Å². The molecule has 18 heavy (non-hydrogen) atoms. The number of nitrogens with zero attached hydrogens (tertiary/aromatic N) is 1. The maximum Gasteiger partial charge on any atom is 0.161 e. The number of nitrogens with one attached hydrogen (secondary N) is 1. The van der Waals surface area contributed by atoms with Gasteiger partial charge in [0.2, 0.25) is 0 Å². The molecule has 1 N–H and O–H groups in total. The first-order valence-electron chi connectivity index (χ1n) is 6.03. The fourth-order valence-corrected chi connectivity index (χ4v) is 3.48. The molecule has 1 aromatic rings. The van der Waals surface area contributed by atoms with E-state index in [1.165, 1.54) is 0 Å². The fourth-order valence-electron chi connectivity index (χ4n) is 1.86. The first-order valence-corrected chi connectivity index (χ1v) is 7.77. The van der Waals surface area contributed by atoms with Crippen LogP contribution in [-0.2, 0) is 0 Å². The van der Waals surface area contributed by atoms with Crippen LogP contribution in [-0.4, -0.2) is 16.5 Å². The third-order valence-electron chi connectivity index (χ3n) is 3.30. The zero-order valence-corrected chi connectivity index (χ0v) is 12.8. The molecule has 1 aromatic carbocycles.